The van der Waals surface area contributed by atoms with Crippen LogP contribution in [0.1, 0.15) is 27.7 Å². The third kappa shape index (κ3) is 13.4. The third-order valence-electron chi connectivity index (χ3n) is 2.09. The summed E-state index contributed by atoms with van der Waals surface area (Å²) in [6, 6.07) is 0. The van der Waals surface area contributed by atoms with Crippen LogP contribution in [0.2, 0.25) is 0 Å². The third-order valence-corrected chi connectivity index (χ3v) is 2.09. The first-order valence-electron chi connectivity index (χ1n) is 7.19. The second-order valence-corrected chi connectivity index (χ2v) is 6.86. The Balaban J connectivity index is 3.90. The van der Waals surface area contributed by atoms with Crippen molar-refractivity contribution in [2.45, 2.75) is 38.9 Å². The van der Waals surface area contributed by atoms with Crippen molar-refractivity contribution >= 4 is 0 Å². The van der Waals surface area contributed by atoms with E-state index in [2.05, 4.69) is 0 Å². The van der Waals surface area contributed by atoms with Crippen LogP contribution < -0.4 is 0 Å². The molecule has 134 valence electrons. The summed E-state index contributed by atoms with van der Waals surface area (Å²) in [6.07, 6.45) is 0. The van der Waals surface area contributed by atoms with E-state index in [1.165, 1.54) is 0 Å². The minimum Gasteiger partial charge on any atom is -0.284 e. The van der Waals surface area contributed by atoms with Gasteiger partial charge in [-0.1, -0.05) is 0 Å². The molecule has 0 aromatic carbocycles. The molecule has 0 aliphatic heterocycles. The van der Waals surface area contributed by atoms with Crippen LogP contribution in [0.25, 0.3) is 0 Å². The molecule has 0 aliphatic carbocycles. The van der Waals surface area contributed by atoms with Gasteiger partial charge in [0.05, 0.1) is 0 Å². The van der Waals surface area contributed by atoms with E-state index in [0.717, 1.165) is 0 Å². The predicted molar refractivity (Wildman–Crippen MR) is 81.5 cm³/mol. The summed E-state index contributed by atoms with van der Waals surface area (Å²) in [7, 11) is 7.54. The van der Waals surface area contributed by atoms with Crippen LogP contribution in [-0.4, -0.2) is 75.9 Å². The van der Waals surface area contributed by atoms with E-state index in [1.807, 2.05) is 65.7 Å². The van der Waals surface area contributed by atoms with Gasteiger partial charge in [-0.3, -0.25) is 9.80 Å². The highest BCUT2D eigenvalue weighted by Crippen LogP contribution is 2.18. The van der Waals surface area contributed by atoms with Gasteiger partial charge in [-0.2, -0.15) is 0 Å². The maximum Gasteiger partial charge on any atom is 0.135 e. The van der Waals surface area contributed by atoms with E-state index in [4.69, 9.17) is 29.3 Å². The molecule has 0 spiro atoms. The second kappa shape index (κ2) is 10.5. The van der Waals surface area contributed by atoms with E-state index in [9.17, 15) is 0 Å². The van der Waals surface area contributed by atoms with Crippen LogP contribution in [0, 0.1) is 0 Å². The fourth-order valence-electron chi connectivity index (χ4n) is 0.926. The summed E-state index contributed by atoms with van der Waals surface area (Å²) < 4.78 is 0. The number of nitrogens with zero attached hydrogens (tertiary/aromatic N) is 2. The summed E-state index contributed by atoms with van der Waals surface area (Å²) in [5, 5.41) is 0. The van der Waals surface area contributed by atoms with Crippen molar-refractivity contribution in [3.63, 3.8) is 0 Å². The molecule has 22 heavy (non-hydrogen) atoms. The molecule has 0 heterocycles. The monoisotopic (exact) mass is 324 g/mol. The Kier molecular flexibility index (Phi) is 10.3. The molecule has 0 saturated heterocycles. The smallest absolute Gasteiger partial charge is 0.135 e. The van der Waals surface area contributed by atoms with Gasteiger partial charge in [0, 0.05) is 0 Å². The number of rotatable bonds is 13. The number of hydrogen-bond donors (Lipinski definition) is 0. The summed E-state index contributed by atoms with van der Waals surface area (Å²) in [5.74, 6) is 0. The average molecular weight is 324 g/mol. The van der Waals surface area contributed by atoms with Crippen LogP contribution >= 0.6 is 0 Å². The van der Waals surface area contributed by atoms with Crippen LogP contribution in [0.3, 0.4) is 0 Å². The molecule has 0 rings (SSSR count). The molecular weight excluding hydrogens is 292 g/mol. The molecule has 8 heteroatoms. The van der Waals surface area contributed by atoms with Crippen LogP contribution in [0.4, 0.5) is 0 Å². The molecular formula is C14H32N2O6. The first-order chi connectivity index (χ1) is 10.0. The molecule has 0 saturated carbocycles. The normalized spacial score (nSPS) is 13.4. The quantitative estimate of drug-likeness (QED) is 0.218. The zero-order valence-corrected chi connectivity index (χ0v) is 15.2. The Morgan fingerprint density at radius 1 is 0.591 bits per heavy atom. The zero-order valence-electron chi connectivity index (χ0n) is 15.2. The maximum atomic E-state index is 5.41. The zero-order chi connectivity index (χ0) is 17.2. The number of hydrogen-bond acceptors (Lipinski definition) is 8. The van der Waals surface area contributed by atoms with Crippen LogP contribution in [0.15, 0.2) is 0 Å². The minimum absolute atomic E-state index is 0.231. The lowest BCUT2D eigenvalue weighted by Gasteiger charge is -2.29. The highest BCUT2D eigenvalue weighted by atomic mass is 17.2. The largest absolute Gasteiger partial charge is 0.284 e. The molecule has 0 aromatic heterocycles. The predicted octanol–water partition coefficient (Wildman–Crippen LogP) is 1.43. The van der Waals surface area contributed by atoms with Gasteiger partial charge in [-0.25, -0.2) is 29.3 Å². The van der Waals surface area contributed by atoms with Gasteiger partial charge in [0.1, 0.15) is 37.9 Å². The summed E-state index contributed by atoms with van der Waals surface area (Å²) in [6.45, 7) is 8.57. The Hall–Kier alpha value is -0.320. The van der Waals surface area contributed by atoms with Gasteiger partial charge < -0.3 is 0 Å². The maximum absolute atomic E-state index is 5.41. The van der Waals surface area contributed by atoms with Crippen LogP contribution in [-0.2, 0) is 29.3 Å². The van der Waals surface area contributed by atoms with Gasteiger partial charge in [0.15, 0.2) is 0 Å². The highest BCUT2D eigenvalue weighted by Gasteiger charge is 2.28. The fourth-order valence-corrected chi connectivity index (χ4v) is 0.926. The summed E-state index contributed by atoms with van der Waals surface area (Å²) >= 11 is 0. The molecule has 0 unspecified atom stereocenters. The van der Waals surface area contributed by atoms with Gasteiger partial charge in [-0.15, -0.1) is 0 Å². The summed E-state index contributed by atoms with van der Waals surface area (Å²) in [5.41, 5.74) is -1.32. The molecule has 0 aromatic rings. The van der Waals surface area contributed by atoms with E-state index in [0.29, 0.717) is 13.5 Å². The Labute approximate surface area is 133 Å². The average Bonchev–Trinajstić information content (AvgIpc) is 2.38. The Morgan fingerprint density at radius 3 is 1.18 bits per heavy atom. The first kappa shape index (κ1) is 21.7. The molecule has 0 radical (unpaired) electrons. The molecule has 0 bridgehead atoms. The lowest BCUT2D eigenvalue weighted by atomic mass is 10.1. The van der Waals surface area contributed by atoms with Crippen LogP contribution in [0.5, 0.6) is 0 Å². The topological polar surface area (TPSA) is 61.9 Å². The molecule has 0 amide bonds. The van der Waals surface area contributed by atoms with E-state index in [1.54, 1.807) is 0 Å². The van der Waals surface area contributed by atoms with Crippen molar-refractivity contribution in [2.75, 3.05) is 54.9 Å². The lowest BCUT2D eigenvalue weighted by Crippen LogP contribution is -2.38. The highest BCUT2D eigenvalue weighted by molar-refractivity contribution is 4.67. The SMILES string of the molecule is CN(C)COOCC(C)(C)OOC(C)(C)COOCN(C)C. The van der Waals surface area contributed by atoms with E-state index < -0.39 is 11.2 Å². The summed E-state index contributed by atoms with van der Waals surface area (Å²) in [4.78, 5) is 34.7. The first-order valence-corrected chi connectivity index (χ1v) is 7.19. The Bertz CT molecular complexity index is 257. The van der Waals surface area contributed by atoms with Crippen molar-refractivity contribution in [1.29, 1.82) is 0 Å². The van der Waals surface area contributed by atoms with Crippen molar-refractivity contribution in [3.05, 3.63) is 0 Å². The van der Waals surface area contributed by atoms with E-state index in [-0.39, 0.29) is 13.2 Å². The molecule has 0 atom stereocenters. The van der Waals surface area contributed by atoms with Crippen molar-refractivity contribution in [3.8, 4) is 0 Å². The lowest BCUT2D eigenvalue weighted by molar-refractivity contribution is -0.442. The molecule has 8 nitrogen and oxygen atoms in total. The standard InChI is InChI=1S/C14H32N2O6/c1-13(2,9-17-19-11-15(5)6)21-22-14(3,4)10-18-20-12-16(7)8/h9-12H2,1-8H3. The van der Waals surface area contributed by atoms with Crippen molar-refractivity contribution in [2.24, 2.45) is 0 Å². The molecule has 0 N–H and O–H groups in total. The fraction of sp³-hybridized carbons (Fsp3) is 1.00. The van der Waals surface area contributed by atoms with Gasteiger partial charge in [0.25, 0.3) is 0 Å². The second-order valence-electron chi connectivity index (χ2n) is 6.86. The van der Waals surface area contributed by atoms with Gasteiger partial charge in [-0.05, 0) is 55.9 Å². The van der Waals surface area contributed by atoms with Crippen molar-refractivity contribution < 1.29 is 29.3 Å². The Morgan fingerprint density at radius 2 is 0.909 bits per heavy atom. The van der Waals surface area contributed by atoms with E-state index >= 15 is 0 Å². The minimum atomic E-state index is -0.659. The molecule has 0 fully saturated rings. The van der Waals surface area contributed by atoms with Gasteiger partial charge >= 0.3 is 0 Å². The van der Waals surface area contributed by atoms with Crippen molar-refractivity contribution in [1.82, 2.24) is 9.80 Å². The molecule has 0 aliphatic rings. The van der Waals surface area contributed by atoms with Gasteiger partial charge in [0.2, 0.25) is 0 Å².